The highest BCUT2D eigenvalue weighted by molar-refractivity contribution is 7.14. The Morgan fingerprint density at radius 1 is 1.28 bits per heavy atom. The monoisotopic (exact) mass is 279 g/mol. The molecule has 0 aliphatic carbocycles. The second-order valence-corrected chi connectivity index (χ2v) is 5.99. The molecule has 18 heavy (non-hydrogen) atoms. The Morgan fingerprint density at radius 3 is 2.72 bits per heavy atom. The zero-order valence-corrected chi connectivity index (χ0v) is 12.1. The third kappa shape index (κ3) is 4.13. The molecular weight excluding hydrogens is 262 g/mol. The average Bonchev–Trinajstić information content (AvgIpc) is 2.82. The molecule has 0 saturated carbocycles. The lowest BCUT2D eigenvalue weighted by atomic mass is 10.1. The van der Waals surface area contributed by atoms with Crippen LogP contribution in [0.5, 0.6) is 0 Å². The minimum Gasteiger partial charge on any atom is -0.310 e. The second-order valence-electron chi connectivity index (χ2n) is 4.45. The summed E-state index contributed by atoms with van der Waals surface area (Å²) in [7, 11) is 0. The van der Waals surface area contributed by atoms with Gasteiger partial charge >= 0.3 is 0 Å². The Bertz CT molecular complexity index is 466. The van der Waals surface area contributed by atoms with Crippen molar-refractivity contribution in [2.45, 2.75) is 25.8 Å². The average molecular weight is 280 g/mol. The molecule has 1 aromatic heterocycles. The molecule has 1 heterocycles. The Labute approximate surface area is 118 Å². The van der Waals surface area contributed by atoms with Crippen LogP contribution in [0.4, 0.5) is 0 Å². The van der Waals surface area contributed by atoms with Crippen LogP contribution in [0.1, 0.15) is 30.5 Å². The van der Waals surface area contributed by atoms with Gasteiger partial charge in [-0.15, -0.1) is 11.3 Å². The summed E-state index contributed by atoms with van der Waals surface area (Å²) in [4.78, 5) is 0. The first kappa shape index (κ1) is 13.6. The van der Waals surface area contributed by atoms with Crippen LogP contribution in [-0.2, 0) is 6.42 Å². The van der Waals surface area contributed by atoms with Crippen molar-refractivity contribution in [1.29, 1.82) is 0 Å². The molecule has 0 aliphatic rings. The van der Waals surface area contributed by atoms with E-state index in [4.69, 9.17) is 11.6 Å². The maximum absolute atomic E-state index is 5.94. The molecule has 2 rings (SSSR count). The number of rotatable bonds is 6. The first-order valence-corrected chi connectivity index (χ1v) is 7.52. The summed E-state index contributed by atoms with van der Waals surface area (Å²) >= 11 is 7.53. The Balaban J connectivity index is 1.69. The van der Waals surface area contributed by atoms with E-state index in [1.807, 2.05) is 6.07 Å². The highest BCUT2D eigenvalue weighted by Crippen LogP contribution is 2.24. The van der Waals surface area contributed by atoms with Crippen LogP contribution in [0.25, 0.3) is 0 Å². The fraction of sp³-hybridized carbons (Fsp3) is 0.333. The van der Waals surface area contributed by atoms with E-state index in [0.29, 0.717) is 6.04 Å². The summed E-state index contributed by atoms with van der Waals surface area (Å²) in [5.74, 6) is 0. The van der Waals surface area contributed by atoms with E-state index < -0.39 is 0 Å². The van der Waals surface area contributed by atoms with E-state index in [0.717, 1.165) is 23.7 Å². The van der Waals surface area contributed by atoms with Crippen LogP contribution in [0.3, 0.4) is 0 Å². The highest BCUT2D eigenvalue weighted by atomic mass is 35.5. The first-order chi connectivity index (χ1) is 8.75. The molecule has 1 N–H and O–H groups in total. The maximum atomic E-state index is 5.94. The molecule has 0 radical (unpaired) electrons. The topological polar surface area (TPSA) is 12.0 Å². The van der Waals surface area contributed by atoms with Crippen LogP contribution in [0, 0.1) is 0 Å². The number of thiophene rings is 1. The molecule has 0 fully saturated rings. The number of benzene rings is 1. The Kier molecular flexibility index (Phi) is 5.24. The summed E-state index contributed by atoms with van der Waals surface area (Å²) < 4.78 is 0.864. The van der Waals surface area contributed by atoms with E-state index in [2.05, 4.69) is 48.0 Å². The molecule has 0 saturated heterocycles. The van der Waals surface area contributed by atoms with Crippen molar-refractivity contribution >= 4 is 22.9 Å². The predicted molar refractivity (Wildman–Crippen MR) is 80.5 cm³/mol. The van der Waals surface area contributed by atoms with E-state index in [1.54, 1.807) is 11.3 Å². The van der Waals surface area contributed by atoms with Crippen LogP contribution in [0.2, 0.25) is 4.34 Å². The third-order valence-corrected chi connectivity index (χ3v) is 4.13. The molecule has 1 atom stereocenters. The summed E-state index contributed by atoms with van der Waals surface area (Å²) in [6, 6.07) is 13.0. The van der Waals surface area contributed by atoms with Gasteiger partial charge in [0.2, 0.25) is 0 Å². The smallest absolute Gasteiger partial charge is 0.0931 e. The first-order valence-electron chi connectivity index (χ1n) is 6.27. The predicted octanol–water partition coefficient (Wildman–Crippen LogP) is 4.68. The van der Waals surface area contributed by atoms with Crippen LogP contribution in [-0.4, -0.2) is 6.54 Å². The number of hydrogen-bond donors (Lipinski definition) is 1. The van der Waals surface area contributed by atoms with Crippen molar-refractivity contribution < 1.29 is 0 Å². The zero-order chi connectivity index (χ0) is 12.8. The van der Waals surface area contributed by atoms with Gasteiger partial charge in [0.15, 0.2) is 0 Å². The molecule has 1 nitrogen and oxygen atoms in total. The largest absolute Gasteiger partial charge is 0.310 e. The van der Waals surface area contributed by atoms with E-state index >= 15 is 0 Å². The summed E-state index contributed by atoms with van der Waals surface area (Å²) in [6.07, 6.45) is 2.29. The number of halogens is 1. The molecule has 1 unspecified atom stereocenters. The second kappa shape index (κ2) is 6.93. The fourth-order valence-corrected chi connectivity index (χ4v) is 2.91. The lowest BCUT2D eigenvalue weighted by Gasteiger charge is -2.12. The van der Waals surface area contributed by atoms with Crippen LogP contribution >= 0.6 is 22.9 Å². The van der Waals surface area contributed by atoms with Crippen LogP contribution < -0.4 is 5.32 Å². The van der Waals surface area contributed by atoms with Crippen molar-refractivity contribution in [2.75, 3.05) is 6.54 Å². The van der Waals surface area contributed by atoms with Gasteiger partial charge in [0.1, 0.15) is 0 Å². The van der Waals surface area contributed by atoms with Crippen molar-refractivity contribution in [3.63, 3.8) is 0 Å². The SMILES string of the molecule is CC(NCCCc1ccccc1)c1csc(Cl)c1. The van der Waals surface area contributed by atoms with Gasteiger partial charge in [0, 0.05) is 6.04 Å². The van der Waals surface area contributed by atoms with Gasteiger partial charge in [-0.3, -0.25) is 0 Å². The summed E-state index contributed by atoms with van der Waals surface area (Å²) in [5, 5.41) is 5.65. The van der Waals surface area contributed by atoms with Crippen molar-refractivity contribution in [2.24, 2.45) is 0 Å². The number of nitrogens with one attached hydrogen (secondary N) is 1. The van der Waals surface area contributed by atoms with Gasteiger partial charge in [-0.1, -0.05) is 41.9 Å². The van der Waals surface area contributed by atoms with Crippen molar-refractivity contribution in [1.82, 2.24) is 5.32 Å². The molecule has 0 aliphatic heterocycles. The molecule has 0 amide bonds. The standard InChI is InChI=1S/C15H18ClNS/c1-12(14-10-15(16)18-11-14)17-9-5-8-13-6-3-2-4-7-13/h2-4,6-7,10-12,17H,5,8-9H2,1H3. The van der Waals surface area contributed by atoms with Gasteiger partial charge in [0.05, 0.1) is 4.34 Å². The Hall–Kier alpha value is -0.830. The van der Waals surface area contributed by atoms with Crippen molar-refractivity contribution in [3.8, 4) is 0 Å². The molecule has 2 aromatic rings. The van der Waals surface area contributed by atoms with Gasteiger partial charge in [-0.05, 0) is 48.9 Å². The van der Waals surface area contributed by atoms with Gasteiger partial charge in [0.25, 0.3) is 0 Å². The molecule has 0 bridgehead atoms. The molecule has 96 valence electrons. The van der Waals surface area contributed by atoms with Crippen molar-refractivity contribution in [3.05, 3.63) is 57.2 Å². The zero-order valence-electron chi connectivity index (χ0n) is 10.5. The van der Waals surface area contributed by atoms with E-state index in [-0.39, 0.29) is 0 Å². The lowest BCUT2D eigenvalue weighted by Crippen LogP contribution is -2.19. The lowest BCUT2D eigenvalue weighted by molar-refractivity contribution is 0.559. The summed E-state index contributed by atoms with van der Waals surface area (Å²) in [6.45, 7) is 3.21. The molecular formula is C15H18ClNS. The third-order valence-electron chi connectivity index (χ3n) is 3.02. The fourth-order valence-electron chi connectivity index (χ4n) is 1.92. The van der Waals surface area contributed by atoms with Gasteiger partial charge in [-0.25, -0.2) is 0 Å². The summed E-state index contributed by atoms with van der Waals surface area (Å²) in [5.41, 5.74) is 2.69. The Morgan fingerprint density at radius 2 is 2.06 bits per heavy atom. The normalized spacial score (nSPS) is 12.6. The minimum atomic E-state index is 0.379. The minimum absolute atomic E-state index is 0.379. The maximum Gasteiger partial charge on any atom is 0.0931 e. The van der Waals surface area contributed by atoms with E-state index in [9.17, 15) is 0 Å². The molecule has 1 aromatic carbocycles. The van der Waals surface area contributed by atoms with Crippen LogP contribution in [0.15, 0.2) is 41.8 Å². The molecule has 0 spiro atoms. The van der Waals surface area contributed by atoms with E-state index in [1.165, 1.54) is 11.1 Å². The number of aryl methyl sites for hydroxylation is 1. The highest BCUT2D eigenvalue weighted by Gasteiger charge is 2.06. The molecule has 3 heteroatoms. The number of hydrogen-bond acceptors (Lipinski definition) is 2. The van der Waals surface area contributed by atoms with Gasteiger partial charge < -0.3 is 5.32 Å². The quantitative estimate of drug-likeness (QED) is 0.757. The van der Waals surface area contributed by atoms with Gasteiger partial charge in [-0.2, -0.15) is 0 Å².